The average molecular weight is 545 g/mol. The molecule has 1 heterocycles. The number of aliphatic imine (C=N–C) groups is 1. The number of rotatable bonds is 9. The van der Waals surface area contributed by atoms with E-state index in [-0.39, 0.29) is 41.3 Å². The van der Waals surface area contributed by atoms with Crippen molar-refractivity contribution >= 4 is 35.8 Å². The number of hydrogen-bond donors (Lipinski definition) is 3. The molecule has 6 nitrogen and oxygen atoms in total. The number of carbonyl (C=O) groups is 1. The molecule has 0 aliphatic carbocycles. The Labute approximate surface area is 205 Å². The van der Waals surface area contributed by atoms with E-state index >= 15 is 0 Å². The number of nitrogens with zero attached hydrogens (tertiary/aromatic N) is 2. The van der Waals surface area contributed by atoms with Gasteiger partial charge >= 0.3 is 0 Å². The van der Waals surface area contributed by atoms with Gasteiger partial charge in [0.15, 0.2) is 5.96 Å². The zero-order chi connectivity index (χ0) is 22.1. The number of halogens is 1. The summed E-state index contributed by atoms with van der Waals surface area (Å²) in [6, 6.07) is 8.41. The minimum absolute atomic E-state index is 0. The highest BCUT2D eigenvalue weighted by molar-refractivity contribution is 14.0. The van der Waals surface area contributed by atoms with Gasteiger partial charge in [-0.1, -0.05) is 52.0 Å². The first-order valence-electron chi connectivity index (χ1n) is 11.4. The average Bonchev–Trinajstić information content (AvgIpc) is 3.14. The quantitative estimate of drug-likeness (QED) is 0.250. The Hall–Kier alpha value is -1.35. The highest BCUT2D eigenvalue weighted by Crippen LogP contribution is 2.24. The van der Waals surface area contributed by atoms with Crippen LogP contribution < -0.4 is 10.6 Å². The van der Waals surface area contributed by atoms with Crippen LogP contribution >= 0.6 is 24.0 Å². The van der Waals surface area contributed by atoms with Gasteiger partial charge in [0.25, 0.3) is 0 Å². The summed E-state index contributed by atoms with van der Waals surface area (Å²) >= 11 is 0. The van der Waals surface area contributed by atoms with E-state index in [0.717, 1.165) is 44.5 Å². The molecular formula is C24H41IN4O2. The zero-order valence-electron chi connectivity index (χ0n) is 19.8. The molecular weight excluding hydrogens is 503 g/mol. The lowest BCUT2D eigenvalue weighted by Gasteiger charge is -2.27. The molecule has 7 heteroatoms. The lowest BCUT2D eigenvalue weighted by atomic mass is 9.86. The van der Waals surface area contributed by atoms with E-state index in [1.54, 1.807) is 0 Å². The van der Waals surface area contributed by atoms with Gasteiger partial charge in [-0.25, -0.2) is 0 Å². The summed E-state index contributed by atoms with van der Waals surface area (Å²) in [5.74, 6) is 0.980. The fourth-order valence-electron chi connectivity index (χ4n) is 3.82. The lowest BCUT2D eigenvalue weighted by Crippen LogP contribution is -2.42. The van der Waals surface area contributed by atoms with Crippen molar-refractivity contribution in [2.75, 3.05) is 26.2 Å². The summed E-state index contributed by atoms with van der Waals surface area (Å²) in [5, 5.41) is 17.1. The van der Waals surface area contributed by atoms with Gasteiger partial charge in [0.1, 0.15) is 0 Å². The number of carbonyl (C=O) groups excluding carboxylic acids is 1. The van der Waals surface area contributed by atoms with Gasteiger partial charge in [-0.2, -0.15) is 0 Å². The normalized spacial score (nSPS) is 16.6. The van der Waals surface area contributed by atoms with Crippen molar-refractivity contribution in [2.24, 2.45) is 4.99 Å². The molecule has 1 fully saturated rings. The van der Waals surface area contributed by atoms with Crippen LogP contribution in [0.15, 0.2) is 29.3 Å². The van der Waals surface area contributed by atoms with Gasteiger partial charge in [0.05, 0.1) is 12.6 Å². The number of hydrogen-bond acceptors (Lipinski definition) is 3. The topological polar surface area (TPSA) is 77.0 Å². The third-order valence-electron chi connectivity index (χ3n) is 5.72. The first kappa shape index (κ1) is 27.7. The molecule has 0 saturated carbocycles. The Morgan fingerprint density at radius 2 is 1.87 bits per heavy atom. The smallest absolute Gasteiger partial charge is 0.222 e. The van der Waals surface area contributed by atoms with E-state index in [4.69, 9.17) is 0 Å². The monoisotopic (exact) mass is 544 g/mol. The summed E-state index contributed by atoms with van der Waals surface area (Å²) in [7, 11) is 0. The molecule has 31 heavy (non-hydrogen) atoms. The van der Waals surface area contributed by atoms with Gasteiger partial charge in [-0.05, 0) is 42.7 Å². The molecule has 0 spiro atoms. The van der Waals surface area contributed by atoms with Crippen molar-refractivity contribution in [2.45, 2.75) is 77.9 Å². The fourth-order valence-corrected chi connectivity index (χ4v) is 3.82. The molecule has 176 valence electrons. The SMILES string of the molecule is CCNC(=NCC(O)c1ccc(C(C)(C)C)cc1)NCCC(CC)N1CCCC1=O.I. The summed E-state index contributed by atoms with van der Waals surface area (Å²) in [6.07, 6.45) is 2.87. The van der Waals surface area contributed by atoms with Crippen LogP contribution in [0.25, 0.3) is 0 Å². The van der Waals surface area contributed by atoms with Gasteiger partial charge in [-0.15, -0.1) is 24.0 Å². The Bertz CT molecular complexity index is 701. The highest BCUT2D eigenvalue weighted by Gasteiger charge is 2.26. The molecule has 1 aliphatic rings. The van der Waals surface area contributed by atoms with Crippen molar-refractivity contribution in [1.29, 1.82) is 0 Å². The van der Waals surface area contributed by atoms with E-state index in [2.05, 4.69) is 55.5 Å². The predicted octanol–water partition coefficient (Wildman–Crippen LogP) is 3.98. The second-order valence-corrected chi connectivity index (χ2v) is 9.08. The number of benzene rings is 1. The molecule has 0 bridgehead atoms. The van der Waals surface area contributed by atoms with Crippen LogP contribution in [0.3, 0.4) is 0 Å². The van der Waals surface area contributed by atoms with Crippen molar-refractivity contribution < 1.29 is 9.90 Å². The number of amides is 1. The van der Waals surface area contributed by atoms with Crippen LogP contribution in [0.5, 0.6) is 0 Å². The van der Waals surface area contributed by atoms with E-state index in [9.17, 15) is 9.90 Å². The molecule has 3 N–H and O–H groups in total. The summed E-state index contributed by atoms with van der Waals surface area (Å²) in [4.78, 5) is 18.6. The van der Waals surface area contributed by atoms with E-state index in [1.165, 1.54) is 5.56 Å². The number of aliphatic hydroxyl groups excluding tert-OH is 1. The van der Waals surface area contributed by atoms with E-state index in [0.29, 0.717) is 18.9 Å². The van der Waals surface area contributed by atoms with Gasteiger partial charge < -0.3 is 20.6 Å². The summed E-state index contributed by atoms with van der Waals surface area (Å²) in [6.45, 7) is 13.4. The molecule has 1 aromatic carbocycles. The Kier molecular flexibility index (Phi) is 11.8. The predicted molar refractivity (Wildman–Crippen MR) is 139 cm³/mol. The molecule has 2 rings (SSSR count). The number of likely N-dealkylation sites (tertiary alicyclic amines) is 1. The first-order chi connectivity index (χ1) is 14.3. The highest BCUT2D eigenvalue weighted by atomic mass is 127. The van der Waals surface area contributed by atoms with Crippen molar-refractivity contribution in [1.82, 2.24) is 15.5 Å². The molecule has 1 aliphatic heterocycles. The second kappa shape index (κ2) is 13.3. The number of nitrogens with one attached hydrogen (secondary N) is 2. The summed E-state index contributed by atoms with van der Waals surface area (Å²) < 4.78 is 0. The van der Waals surface area contributed by atoms with Crippen LogP contribution in [-0.2, 0) is 10.2 Å². The lowest BCUT2D eigenvalue weighted by molar-refractivity contribution is -0.129. The van der Waals surface area contributed by atoms with Crippen LogP contribution in [0.4, 0.5) is 0 Å². The molecule has 2 unspecified atom stereocenters. The maximum absolute atomic E-state index is 12.0. The van der Waals surface area contributed by atoms with E-state index < -0.39 is 6.10 Å². The van der Waals surface area contributed by atoms with Crippen molar-refractivity contribution in [3.05, 3.63) is 35.4 Å². The minimum Gasteiger partial charge on any atom is -0.386 e. The Morgan fingerprint density at radius 3 is 2.39 bits per heavy atom. The maximum Gasteiger partial charge on any atom is 0.222 e. The molecule has 0 aromatic heterocycles. The van der Waals surface area contributed by atoms with Gasteiger partial charge in [0, 0.05) is 32.1 Å². The number of aliphatic hydroxyl groups is 1. The zero-order valence-corrected chi connectivity index (χ0v) is 22.1. The summed E-state index contributed by atoms with van der Waals surface area (Å²) in [5.41, 5.74) is 2.22. The van der Waals surface area contributed by atoms with E-state index in [1.807, 2.05) is 24.0 Å². The van der Waals surface area contributed by atoms with Crippen molar-refractivity contribution in [3.63, 3.8) is 0 Å². The van der Waals surface area contributed by atoms with Crippen LogP contribution in [-0.4, -0.2) is 54.1 Å². The van der Waals surface area contributed by atoms with Crippen LogP contribution in [0.1, 0.15) is 77.5 Å². The third-order valence-corrected chi connectivity index (χ3v) is 5.72. The largest absolute Gasteiger partial charge is 0.386 e. The van der Waals surface area contributed by atoms with Gasteiger partial charge in [0.2, 0.25) is 5.91 Å². The Balaban J connectivity index is 0.00000480. The van der Waals surface area contributed by atoms with Crippen molar-refractivity contribution in [3.8, 4) is 0 Å². The van der Waals surface area contributed by atoms with Gasteiger partial charge in [-0.3, -0.25) is 9.79 Å². The maximum atomic E-state index is 12.0. The second-order valence-electron chi connectivity index (χ2n) is 9.08. The fraction of sp³-hybridized carbons (Fsp3) is 0.667. The van der Waals surface area contributed by atoms with Crippen LogP contribution in [0, 0.1) is 0 Å². The standard InChI is InChI=1S/C24H40N4O2.HI/c1-6-20(28-16-8-9-22(28)30)14-15-26-23(25-7-2)27-17-21(29)18-10-12-19(13-11-18)24(3,4)5;/h10-13,20-21,29H,6-9,14-17H2,1-5H3,(H2,25,26,27);1H. The molecule has 1 amide bonds. The number of guanidine groups is 1. The molecule has 1 saturated heterocycles. The molecule has 1 aromatic rings. The first-order valence-corrected chi connectivity index (χ1v) is 11.4. The van der Waals surface area contributed by atoms with Crippen LogP contribution in [0.2, 0.25) is 0 Å². The minimum atomic E-state index is -0.639. The Morgan fingerprint density at radius 1 is 1.19 bits per heavy atom. The third kappa shape index (κ3) is 8.60. The molecule has 2 atom stereocenters. The molecule has 0 radical (unpaired) electrons.